The van der Waals surface area contributed by atoms with Crippen LogP contribution >= 0.6 is 11.6 Å². The normalized spacial score (nSPS) is 16.3. The highest BCUT2D eigenvalue weighted by Crippen LogP contribution is 2.43. The predicted octanol–water partition coefficient (Wildman–Crippen LogP) is 2.50. The van der Waals surface area contributed by atoms with Gasteiger partial charge in [0.05, 0.1) is 35.1 Å². The van der Waals surface area contributed by atoms with Crippen LogP contribution in [0.5, 0.6) is 5.75 Å². The van der Waals surface area contributed by atoms with Gasteiger partial charge in [0.25, 0.3) is 0 Å². The Morgan fingerprint density at radius 3 is 2.71 bits per heavy atom. The number of benzene rings is 1. The van der Waals surface area contributed by atoms with Crippen LogP contribution in [-0.2, 0) is 4.74 Å². The van der Waals surface area contributed by atoms with E-state index in [4.69, 9.17) is 21.1 Å². The van der Waals surface area contributed by atoms with E-state index >= 15 is 0 Å². The molecule has 1 aromatic carbocycles. The maximum atomic E-state index is 9.95. The van der Waals surface area contributed by atoms with Gasteiger partial charge in [0.2, 0.25) is 0 Å². The van der Waals surface area contributed by atoms with Crippen molar-refractivity contribution in [2.75, 3.05) is 31.7 Å². The molecule has 0 aromatic heterocycles. The second-order valence-corrected chi connectivity index (χ2v) is 5.39. The van der Waals surface area contributed by atoms with Crippen molar-refractivity contribution < 1.29 is 14.6 Å². The molecule has 0 saturated carbocycles. The summed E-state index contributed by atoms with van der Waals surface area (Å²) in [6.07, 6.45) is -0.588. The van der Waals surface area contributed by atoms with Crippen LogP contribution in [0, 0.1) is 11.3 Å². The Labute approximate surface area is 129 Å². The van der Waals surface area contributed by atoms with Gasteiger partial charge < -0.3 is 19.5 Å². The zero-order chi connectivity index (χ0) is 15.6. The first kappa shape index (κ1) is 15.9. The molecule has 0 bridgehead atoms. The lowest BCUT2D eigenvalue weighted by atomic mass is 10.00. The summed E-state index contributed by atoms with van der Waals surface area (Å²) in [5.41, 5.74) is 1.62. The summed E-state index contributed by atoms with van der Waals surface area (Å²) in [5, 5.41) is 19.7. The molecule has 1 atom stereocenters. The summed E-state index contributed by atoms with van der Waals surface area (Å²) in [4.78, 5) is 2.00. The van der Waals surface area contributed by atoms with Crippen LogP contribution in [0.25, 0.3) is 0 Å². The molecule has 1 unspecified atom stereocenters. The molecule has 1 saturated heterocycles. The minimum Gasteiger partial charge on any atom is -0.491 e. The number of aliphatic hydroxyl groups is 1. The van der Waals surface area contributed by atoms with E-state index in [9.17, 15) is 10.4 Å². The average Bonchev–Trinajstić information content (AvgIpc) is 2.40. The average molecular weight is 311 g/mol. The molecule has 2 rings (SSSR count). The topological polar surface area (TPSA) is 65.7 Å². The van der Waals surface area contributed by atoms with Crippen molar-refractivity contribution in [3.05, 3.63) is 22.2 Å². The summed E-state index contributed by atoms with van der Waals surface area (Å²) in [7, 11) is 1.66. The van der Waals surface area contributed by atoms with Crippen molar-refractivity contribution in [3.8, 4) is 11.8 Å². The van der Waals surface area contributed by atoms with Gasteiger partial charge in [0.1, 0.15) is 11.8 Å². The summed E-state index contributed by atoms with van der Waals surface area (Å²) in [6, 6.07) is 3.74. The van der Waals surface area contributed by atoms with E-state index in [0.717, 1.165) is 0 Å². The van der Waals surface area contributed by atoms with E-state index in [1.54, 1.807) is 20.1 Å². The SMILES string of the molecule is CCOc1c(C(C)O)cc(Cl)c(C#N)c1N1CC(OC)C1. The minimum atomic E-state index is -0.727. The number of nitrogens with zero attached hydrogens (tertiary/aromatic N) is 2. The van der Waals surface area contributed by atoms with Crippen molar-refractivity contribution >= 4 is 17.3 Å². The molecule has 0 aliphatic carbocycles. The van der Waals surface area contributed by atoms with E-state index in [2.05, 4.69) is 6.07 Å². The molecule has 5 nitrogen and oxygen atoms in total. The molecule has 114 valence electrons. The van der Waals surface area contributed by atoms with Crippen LogP contribution in [0.15, 0.2) is 6.07 Å². The first-order valence-corrected chi connectivity index (χ1v) is 7.26. The van der Waals surface area contributed by atoms with Crippen LogP contribution < -0.4 is 9.64 Å². The molecule has 1 heterocycles. The highest BCUT2D eigenvalue weighted by molar-refractivity contribution is 6.32. The van der Waals surface area contributed by atoms with E-state index in [0.29, 0.717) is 47.3 Å². The van der Waals surface area contributed by atoms with Gasteiger partial charge >= 0.3 is 0 Å². The Bertz CT molecular complexity index is 563. The van der Waals surface area contributed by atoms with Gasteiger partial charge in [-0.2, -0.15) is 5.26 Å². The quantitative estimate of drug-likeness (QED) is 0.905. The number of ether oxygens (including phenoxy) is 2. The van der Waals surface area contributed by atoms with Crippen molar-refractivity contribution in [3.63, 3.8) is 0 Å². The number of aliphatic hydroxyl groups excluding tert-OH is 1. The Morgan fingerprint density at radius 1 is 1.57 bits per heavy atom. The molecule has 1 fully saturated rings. The van der Waals surface area contributed by atoms with Crippen LogP contribution in [0.1, 0.15) is 31.1 Å². The number of anilines is 1. The van der Waals surface area contributed by atoms with Crippen molar-refractivity contribution in [2.24, 2.45) is 0 Å². The highest BCUT2D eigenvalue weighted by Gasteiger charge is 2.33. The Balaban J connectivity index is 2.55. The van der Waals surface area contributed by atoms with Gasteiger partial charge in [0, 0.05) is 25.8 Å². The number of methoxy groups -OCH3 is 1. The largest absolute Gasteiger partial charge is 0.491 e. The summed E-state index contributed by atoms with van der Waals surface area (Å²) in [6.45, 7) is 5.30. The molecule has 21 heavy (non-hydrogen) atoms. The first-order chi connectivity index (χ1) is 10.0. The summed E-state index contributed by atoms with van der Waals surface area (Å²) >= 11 is 6.20. The van der Waals surface area contributed by atoms with Crippen LogP contribution in [0.4, 0.5) is 5.69 Å². The third kappa shape index (κ3) is 2.93. The summed E-state index contributed by atoms with van der Waals surface area (Å²) < 4.78 is 11.0. The molecule has 0 spiro atoms. The zero-order valence-corrected chi connectivity index (χ0v) is 13.1. The molecule has 1 aromatic rings. The molecule has 6 heteroatoms. The third-order valence-electron chi connectivity index (χ3n) is 3.58. The molecule has 1 N–H and O–H groups in total. The second-order valence-electron chi connectivity index (χ2n) is 4.98. The lowest BCUT2D eigenvalue weighted by Gasteiger charge is -2.41. The van der Waals surface area contributed by atoms with Crippen LogP contribution in [0.3, 0.4) is 0 Å². The number of hydrogen-bond acceptors (Lipinski definition) is 5. The van der Waals surface area contributed by atoms with Gasteiger partial charge in [-0.1, -0.05) is 11.6 Å². The smallest absolute Gasteiger partial charge is 0.149 e. The van der Waals surface area contributed by atoms with Crippen LogP contribution in [-0.4, -0.2) is 38.0 Å². The van der Waals surface area contributed by atoms with Gasteiger partial charge in [0.15, 0.2) is 0 Å². The van der Waals surface area contributed by atoms with Gasteiger partial charge in [-0.25, -0.2) is 0 Å². The van der Waals surface area contributed by atoms with Gasteiger partial charge in [-0.15, -0.1) is 0 Å². The monoisotopic (exact) mass is 310 g/mol. The Kier molecular flexibility index (Phi) is 4.94. The fourth-order valence-corrected chi connectivity index (χ4v) is 2.67. The summed E-state index contributed by atoms with van der Waals surface area (Å²) in [5.74, 6) is 0.531. The fraction of sp³-hybridized carbons (Fsp3) is 0.533. The third-order valence-corrected chi connectivity index (χ3v) is 3.88. The standard InChI is InChI=1S/C15H19ClN2O3/c1-4-21-15-11(9(2)19)5-13(16)12(6-17)14(15)18-7-10(8-18)20-3/h5,9-10,19H,4,7-8H2,1-3H3. The van der Waals surface area contributed by atoms with Crippen molar-refractivity contribution in [1.82, 2.24) is 0 Å². The fourth-order valence-electron chi connectivity index (χ4n) is 2.42. The molecule has 0 radical (unpaired) electrons. The number of rotatable bonds is 5. The number of halogens is 1. The molecular weight excluding hydrogens is 292 g/mol. The highest BCUT2D eigenvalue weighted by atomic mass is 35.5. The molecule has 1 aliphatic rings. The van der Waals surface area contributed by atoms with Gasteiger partial charge in [-0.3, -0.25) is 0 Å². The molecular formula is C15H19ClN2O3. The minimum absolute atomic E-state index is 0.139. The van der Waals surface area contributed by atoms with E-state index in [1.807, 2.05) is 11.8 Å². The van der Waals surface area contributed by atoms with Crippen LogP contribution in [0.2, 0.25) is 5.02 Å². The maximum absolute atomic E-state index is 9.95. The Hall–Kier alpha value is -1.48. The molecule has 1 aliphatic heterocycles. The zero-order valence-electron chi connectivity index (χ0n) is 12.4. The predicted molar refractivity (Wildman–Crippen MR) is 81.0 cm³/mol. The van der Waals surface area contributed by atoms with Crippen molar-refractivity contribution in [1.29, 1.82) is 5.26 Å². The second kappa shape index (κ2) is 6.52. The molecule has 0 amide bonds. The number of hydrogen-bond donors (Lipinski definition) is 1. The van der Waals surface area contributed by atoms with E-state index in [-0.39, 0.29) is 6.10 Å². The Morgan fingerprint density at radius 2 is 2.24 bits per heavy atom. The lowest BCUT2D eigenvalue weighted by molar-refractivity contribution is 0.0783. The lowest BCUT2D eigenvalue weighted by Crippen LogP contribution is -2.52. The van der Waals surface area contributed by atoms with E-state index < -0.39 is 6.10 Å². The number of nitriles is 1. The van der Waals surface area contributed by atoms with Gasteiger partial charge in [-0.05, 0) is 19.9 Å². The van der Waals surface area contributed by atoms with E-state index in [1.165, 1.54) is 0 Å². The van der Waals surface area contributed by atoms with Crippen molar-refractivity contribution in [2.45, 2.75) is 26.1 Å². The maximum Gasteiger partial charge on any atom is 0.149 e. The first-order valence-electron chi connectivity index (χ1n) is 6.88.